The predicted octanol–water partition coefficient (Wildman–Crippen LogP) is 1.93. The molecule has 0 aliphatic heterocycles. The van der Waals surface area contributed by atoms with E-state index in [1.54, 1.807) is 18.3 Å². The van der Waals surface area contributed by atoms with Crippen molar-refractivity contribution in [1.82, 2.24) is 9.97 Å². The number of hydrogen-bond donors (Lipinski definition) is 0. The Bertz CT molecular complexity index is 611. The molecule has 4 heteroatoms. The highest BCUT2D eigenvalue weighted by atomic mass is 16.4. The molecule has 2 aromatic rings. The molecule has 0 saturated heterocycles. The number of aryl methyl sites for hydroxylation is 1. The largest absolute Gasteiger partial charge is 0.401 e. The van der Waals surface area contributed by atoms with Crippen LogP contribution in [0.1, 0.15) is 25.0 Å². The molecule has 86 valence electrons. The maximum atomic E-state index is 11.6. The highest BCUT2D eigenvalue weighted by Crippen LogP contribution is 2.07. The van der Waals surface area contributed by atoms with E-state index in [1.165, 1.54) is 0 Å². The first-order valence-corrected chi connectivity index (χ1v) is 5.49. The van der Waals surface area contributed by atoms with Gasteiger partial charge in [-0.25, -0.2) is 14.8 Å². The van der Waals surface area contributed by atoms with Gasteiger partial charge in [0.2, 0.25) is 5.71 Å². The van der Waals surface area contributed by atoms with Crippen LogP contribution in [0.2, 0.25) is 0 Å². The summed E-state index contributed by atoms with van der Waals surface area (Å²) in [4.78, 5) is 19.8. The molecule has 0 aliphatic carbocycles. The Morgan fingerprint density at radius 2 is 2.29 bits per heavy atom. The maximum Gasteiger partial charge on any atom is 0.359 e. The van der Waals surface area contributed by atoms with E-state index < -0.39 is 5.63 Å². The minimum absolute atomic E-state index is 0.282. The van der Waals surface area contributed by atoms with Gasteiger partial charge in [0, 0.05) is 12.6 Å². The van der Waals surface area contributed by atoms with Gasteiger partial charge in [0.1, 0.15) is 11.2 Å². The van der Waals surface area contributed by atoms with Crippen LogP contribution < -0.4 is 5.63 Å². The molecule has 0 spiro atoms. The van der Waals surface area contributed by atoms with E-state index in [4.69, 9.17) is 10.8 Å². The molecule has 0 aliphatic rings. The summed E-state index contributed by atoms with van der Waals surface area (Å²) in [5.74, 6) is 2.57. The topological polar surface area (TPSA) is 56.0 Å². The van der Waals surface area contributed by atoms with Crippen molar-refractivity contribution in [3.63, 3.8) is 0 Å². The number of nitrogens with zero attached hydrogens (tertiary/aromatic N) is 2. The van der Waals surface area contributed by atoms with Gasteiger partial charge in [-0.15, -0.1) is 12.3 Å². The molecule has 2 rings (SSSR count). The zero-order valence-electron chi connectivity index (χ0n) is 9.35. The molecular formula is C13H12N2O2. The van der Waals surface area contributed by atoms with E-state index in [1.807, 2.05) is 0 Å². The average Bonchev–Trinajstić information content (AvgIpc) is 2.35. The standard InChI is InChI=1S/C13H12N2O2/c1-2-3-4-5-7-11-13(16)17-12-10(15-11)8-6-9-14-12/h1,6,8-9H,3-5,7H2. The highest BCUT2D eigenvalue weighted by molar-refractivity contribution is 5.66. The smallest absolute Gasteiger partial charge is 0.359 e. The lowest BCUT2D eigenvalue weighted by Gasteiger charge is -1.99. The third-order valence-electron chi connectivity index (χ3n) is 2.42. The van der Waals surface area contributed by atoms with Gasteiger partial charge in [0.05, 0.1) is 0 Å². The van der Waals surface area contributed by atoms with Crippen LogP contribution in [-0.2, 0) is 6.42 Å². The van der Waals surface area contributed by atoms with E-state index in [0.29, 0.717) is 17.6 Å². The Kier molecular flexibility index (Phi) is 3.51. The van der Waals surface area contributed by atoms with Crippen LogP contribution in [0.5, 0.6) is 0 Å². The van der Waals surface area contributed by atoms with Crippen LogP contribution in [-0.4, -0.2) is 9.97 Å². The van der Waals surface area contributed by atoms with Gasteiger partial charge in [-0.05, 0) is 31.4 Å². The van der Waals surface area contributed by atoms with Crippen molar-refractivity contribution in [3.8, 4) is 12.3 Å². The second kappa shape index (κ2) is 5.26. The fourth-order valence-corrected chi connectivity index (χ4v) is 1.56. The molecule has 2 heterocycles. The highest BCUT2D eigenvalue weighted by Gasteiger charge is 2.06. The summed E-state index contributed by atoms with van der Waals surface area (Å²) >= 11 is 0. The number of fused-ring (bicyclic) bond motifs is 1. The van der Waals surface area contributed by atoms with Crippen molar-refractivity contribution in [3.05, 3.63) is 34.4 Å². The third kappa shape index (κ3) is 2.70. The number of hydrogen-bond acceptors (Lipinski definition) is 4. The predicted molar refractivity (Wildman–Crippen MR) is 64.5 cm³/mol. The first-order chi connectivity index (χ1) is 8.31. The van der Waals surface area contributed by atoms with Crippen LogP contribution in [0.15, 0.2) is 27.5 Å². The van der Waals surface area contributed by atoms with E-state index in [-0.39, 0.29) is 5.71 Å². The van der Waals surface area contributed by atoms with Gasteiger partial charge >= 0.3 is 5.63 Å². The van der Waals surface area contributed by atoms with E-state index in [2.05, 4.69) is 15.9 Å². The minimum atomic E-state index is -0.406. The van der Waals surface area contributed by atoms with Crippen molar-refractivity contribution in [2.45, 2.75) is 25.7 Å². The fourth-order valence-electron chi connectivity index (χ4n) is 1.56. The monoisotopic (exact) mass is 228 g/mol. The van der Waals surface area contributed by atoms with Crippen molar-refractivity contribution >= 4 is 11.2 Å². The quantitative estimate of drug-likeness (QED) is 0.592. The Morgan fingerprint density at radius 1 is 1.41 bits per heavy atom. The summed E-state index contributed by atoms with van der Waals surface area (Å²) in [7, 11) is 0. The summed E-state index contributed by atoms with van der Waals surface area (Å²) in [5, 5.41) is 0. The van der Waals surface area contributed by atoms with E-state index in [9.17, 15) is 4.79 Å². The average molecular weight is 228 g/mol. The molecule has 0 unspecified atom stereocenters. The number of rotatable bonds is 4. The van der Waals surface area contributed by atoms with Crippen molar-refractivity contribution in [2.24, 2.45) is 0 Å². The fraction of sp³-hybridized carbons (Fsp3) is 0.308. The van der Waals surface area contributed by atoms with Crippen molar-refractivity contribution in [1.29, 1.82) is 0 Å². The maximum absolute atomic E-state index is 11.6. The molecular weight excluding hydrogens is 216 g/mol. The molecule has 0 aromatic carbocycles. The van der Waals surface area contributed by atoms with E-state index >= 15 is 0 Å². The molecule has 0 amide bonds. The van der Waals surface area contributed by atoms with Crippen LogP contribution in [0.25, 0.3) is 11.2 Å². The molecule has 0 N–H and O–H groups in total. The molecule has 0 bridgehead atoms. The van der Waals surface area contributed by atoms with Gasteiger partial charge in [0.25, 0.3) is 0 Å². The number of aromatic nitrogens is 2. The molecule has 0 fully saturated rings. The minimum Gasteiger partial charge on any atom is -0.401 e. The molecule has 0 radical (unpaired) electrons. The normalized spacial score (nSPS) is 10.3. The first kappa shape index (κ1) is 11.3. The molecule has 17 heavy (non-hydrogen) atoms. The van der Waals surface area contributed by atoms with Crippen molar-refractivity contribution in [2.75, 3.05) is 0 Å². The summed E-state index contributed by atoms with van der Waals surface area (Å²) < 4.78 is 5.08. The van der Waals surface area contributed by atoms with E-state index in [0.717, 1.165) is 19.3 Å². The molecule has 0 saturated carbocycles. The molecule has 0 atom stereocenters. The second-order valence-corrected chi connectivity index (χ2v) is 3.69. The van der Waals surface area contributed by atoms with Crippen LogP contribution in [0.3, 0.4) is 0 Å². The Labute approximate surface area is 98.7 Å². The van der Waals surface area contributed by atoms with Gasteiger partial charge < -0.3 is 4.42 Å². The second-order valence-electron chi connectivity index (χ2n) is 3.69. The Balaban J connectivity index is 2.20. The number of pyridine rings is 1. The van der Waals surface area contributed by atoms with Gasteiger partial charge in [-0.3, -0.25) is 0 Å². The molecule has 2 aromatic heterocycles. The van der Waals surface area contributed by atoms with Gasteiger partial charge in [-0.1, -0.05) is 0 Å². The van der Waals surface area contributed by atoms with Gasteiger partial charge in [-0.2, -0.15) is 0 Å². The van der Waals surface area contributed by atoms with Crippen LogP contribution >= 0.6 is 0 Å². The summed E-state index contributed by atoms with van der Waals surface area (Å²) in [6.45, 7) is 0. The lowest BCUT2D eigenvalue weighted by molar-refractivity contribution is 0.526. The Hall–Kier alpha value is -2.15. The summed E-state index contributed by atoms with van der Waals surface area (Å²) in [6, 6.07) is 3.54. The lowest BCUT2D eigenvalue weighted by atomic mass is 10.1. The zero-order chi connectivity index (χ0) is 12.1. The lowest BCUT2D eigenvalue weighted by Crippen LogP contribution is -2.10. The summed E-state index contributed by atoms with van der Waals surface area (Å²) in [5.41, 5.74) is 0.934. The van der Waals surface area contributed by atoms with Gasteiger partial charge in [0.15, 0.2) is 0 Å². The zero-order valence-corrected chi connectivity index (χ0v) is 9.35. The first-order valence-electron chi connectivity index (χ1n) is 5.49. The van der Waals surface area contributed by atoms with Crippen molar-refractivity contribution < 1.29 is 4.42 Å². The Morgan fingerprint density at radius 3 is 3.12 bits per heavy atom. The van der Waals surface area contributed by atoms with Crippen LogP contribution in [0.4, 0.5) is 0 Å². The summed E-state index contributed by atoms with van der Waals surface area (Å²) in [6.07, 6.45) is 9.77. The third-order valence-corrected chi connectivity index (χ3v) is 2.42. The number of unbranched alkanes of at least 4 members (excludes halogenated alkanes) is 2. The molecule has 4 nitrogen and oxygen atoms in total. The number of terminal acetylenes is 1. The van der Waals surface area contributed by atoms with Crippen LogP contribution in [0, 0.1) is 12.3 Å². The SMILES string of the molecule is C#CCCCCc1nc2cccnc2oc1=O.